The van der Waals surface area contributed by atoms with Crippen molar-refractivity contribution in [3.63, 3.8) is 0 Å². The zero-order valence-corrected chi connectivity index (χ0v) is 11.9. The van der Waals surface area contributed by atoms with Crippen molar-refractivity contribution in [2.75, 3.05) is 25.5 Å². The van der Waals surface area contributed by atoms with E-state index >= 15 is 0 Å². The molecule has 2 rings (SSSR count). The van der Waals surface area contributed by atoms with Gasteiger partial charge in [0.15, 0.2) is 0 Å². The second-order valence-electron chi connectivity index (χ2n) is 5.99. The molecule has 0 radical (unpaired) electrons. The van der Waals surface area contributed by atoms with E-state index in [0.29, 0.717) is 18.1 Å². The van der Waals surface area contributed by atoms with Crippen molar-refractivity contribution in [2.45, 2.75) is 57.5 Å². The predicted molar refractivity (Wildman–Crippen MR) is 69.7 cm³/mol. The summed E-state index contributed by atoms with van der Waals surface area (Å²) in [5.41, 5.74) is -0.0952. The van der Waals surface area contributed by atoms with Crippen LogP contribution in [0.15, 0.2) is 0 Å². The van der Waals surface area contributed by atoms with Crippen molar-refractivity contribution in [2.24, 2.45) is 0 Å². The normalized spacial score (nSPS) is 38.5. The molecule has 0 bridgehead atoms. The number of alkyl halides is 1. The molecule has 4 heteroatoms. The average molecular weight is 262 g/mol. The minimum absolute atomic E-state index is 0.0952. The Kier molecular flexibility index (Phi) is 4.35. The van der Waals surface area contributed by atoms with Gasteiger partial charge in [-0.3, -0.25) is 4.90 Å². The first-order chi connectivity index (χ1) is 7.98. The highest BCUT2D eigenvalue weighted by molar-refractivity contribution is 6.18. The van der Waals surface area contributed by atoms with Gasteiger partial charge >= 0.3 is 0 Å². The lowest BCUT2D eigenvalue weighted by Gasteiger charge is -2.43. The van der Waals surface area contributed by atoms with Gasteiger partial charge in [0.25, 0.3) is 0 Å². The highest BCUT2D eigenvalue weighted by atomic mass is 35.5. The monoisotopic (exact) mass is 261 g/mol. The molecule has 0 saturated carbocycles. The van der Waals surface area contributed by atoms with Gasteiger partial charge in [-0.05, 0) is 33.6 Å². The van der Waals surface area contributed by atoms with Crippen LogP contribution in [0.1, 0.15) is 33.6 Å². The number of hydrogen-bond donors (Lipinski definition) is 0. The maximum atomic E-state index is 5.93. The second kappa shape index (κ2) is 5.43. The van der Waals surface area contributed by atoms with Gasteiger partial charge < -0.3 is 9.47 Å². The molecule has 2 aliphatic heterocycles. The van der Waals surface area contributed by atoms with Gasteiger partial charge in [0.05, 0.1) is 23.9 Å². The molecule has 2 saturated heterocycles. The minimum atomic E-state index is -0.0952. The first-order valence-corrected chi connectivity index (χ1v) is 7.13. The summed E-state index contributed by atoms with van der Waals surface area (Å²) in [6.07, 6.45) is 3.36. The summed E-state index contributed by atoms with van der Waals surface area (Å²) in [5, 5.41) is 0. The third kappa shape index (κ3) is 3.82. The van der Waals surface area contributed by atoms with Gasteiger partial charge in [0, 0.05) is 25.5 Å². The fourth-order valence-electron chi connectivity index (χ4n) is 2.94. The number of morpholine rings is 1. The maximum Gasteiger partial charge on any atom is 0.0844 e. The van der Waals surface area contributed by atoms with Gasteiger partial charge in [0.2, 0.25) is 0 Å². The van der Waals surface area contributed by atoms with E-state index in [1.807, 2.05) is 0 Å². The molecule has 0 aromatic carbocycles. The number of hydrogen-bond acceptors (Lipinski definition) is 3. The van der Waals surface area contributed by atoms with E-state index in [1.54, 1.807) is 0 Å². The Morgan fingerprint density at radius 3 is 2.65 bits per heavy atom. The Bertz CT molecular complexity index is 260. The van der Waals surface area contributed by atoms with Crippen LogP contribution >= 0.6 is 11.6 Å². The van der Waals surface area contributed by atoms with Crippen LogP contribution in [0.3, 0.4) is 0 Å². The molecular weight excluding hydrogens is 238 g/mol. The van der Waals surface area contributed by atoms with Crippen LogP contribution in [0.25, 0.3) is 0 Å². The van der Waals surface area contributed by atoms with Crippen LogP contribution < -0.4 is 0 Å². The molecule has 3 unspecified atom stereocenters. The molecule has 0 N–H and O–H groups in total. The van der Waals surface area contributed by atoms with Crippen molar-refractivity contribution in [1.82, 2.24) is 4.90 Å². The molecule has 100 valence electrons. The van der Waals surface area contributed by atoms with E-state index in [9.17, 15) is 0 Å². The number of ether oxygens (including phenoxy) is 2. The highest BCUT2D eigenvalue weighted by Gasteiger charge is 2.34. The summed E-state index contributed by atoms with van der Waals surface area (Å²) in [6, 6.07) is 0. The first-order valence-electron chi connectivity index (χ1n) is 6.60. The molecule has 3 atom stereocenters. The van der Waals surface area contributed by atoms with E-state index in [1.165, 1.54) is 12.8 Å². The van der Waals surface area contributed by atoms with Crippen LogP contribution in [0.4, 0.5) is 0 Å². The van der Waals surface area contributed by atoms with Gasteiger partial charge in [0.1, 0.15) is 0 Å². The summed E-state index contributed by atoms with van der Waals surface area (Å²) < 4.78 is 11.8. The summed E-state index contributed by atoms with van der Waals surface area (Å²) >= 11 is 5.93. The first kappa shape index (κ1) is 13.6. The topological polar surface area (TPSA) is 21.7 Å². The van der Waals surface area contributed by atoms with E-state index in [2.05, 4.69) is 25.7 Å². The van der Waals surface area contributed by atoms with Gasteiger partial charge in [-0.25, -0.2) is 0 Å². The van der Waals surface area contributed by atoms with E-state index in [-0.39, 0.29) is 11.7 Å². The smallest absolute Gasteiger partial charge is 0.0844 e. The van der Waals surface area contributed by atoms with Gasteiger partial charge in [-0.15, -0.1) is 11.6 Å². The Morgan fingerprint density at radius 1 is 1.29 bits per heavy atom. The van der Waals surface area contributed by atoms with E-state index < -0.39 is 0 Å². The fourth-order valence-corrected chi connectivity index (χ4v) is 3.10. The molecule has 0 aromatic heterocycles. The minimum Gasteiger partial charge on any atom is -0.374 e. The molecule has 0 amide bonds. The number of nitrogens with zero attached hydrogens (tertiary/aromatic N) is 1. The zero-order chi connectivity index (χ0) is 12.5. The maximum absolute atomic E-state index is 5.93. The number of rotatable bonds is 3. The molecule has 0 aliphatic carbocycles. The van der Waals surface area contributed by atoms with Crippen molar-refractivity contribution >= 4 is 11.6 Å². The zero-order valence-electron chi connectivity index (χ0n) is 11.1. The molecule has 2 heterocycles. The second-order valence-corrected chi connectivity index (χ2v) is 6.30. The summed E-state index contributed by atoms with van der Waals surface area (Å²) in [5.74, 6) is 0.571. The highest BCUT2D eigenvalue weighted by Crippen LogP contribution is 2.25. The molecule has 3 nitrogen and oxygen atoms in total. The van der Waals surface area contributed by atoms with Crippen molar-refractivity contribution < 1.29 is 9.47 Å². The number of halogens is 1. The lowest BCUT2D eigenvalue weighted by atomic mass is 10.0. The largest absolute Gasteiger partial charge is 0.374 e. The standard InChI is InChI=1S/C13H24ClNO2/c1-10-4-5-11(16-10)7-15-8-12(6-14)17-13(2,3)9-15/h10-12H,4-9H2,1-3H3. The van der Waals surface area contributed by atoms with E-state index in [0.717, 1.165) is 19.6 Å². The quantitative estimate of drug-likeness (QED) is 0.728. The van der Waals surface area contributed by atoms with Crippen LogP contribution in [-0.2, 0) is 9.47 Å². The third-order valence-electron chi connectivity index (χ3n) is 3.51. The Hall–Kier alpha value is 0.170. The molecule has 2 fully saturated rings. The summed E-state index contributed by atoms with van der Waals surface area (Å²) in [6.45, 7) is 9.35. The SMILES string of the molecule is CC1CCC(CN2CC(CCl)OC(C)(C)C2)O1. The van der Waals surface area contributed by atoms with E-state index in [4.69, 9.17) is 21.1 Å². The molecule has 0 spiro atoms. The molecule has 0 aromatic rings. The van der Waals surface area contributed by atoms with Crippen LogP contribution in [0, 0.1) is 0 Å². The Morgan fingerprint density at radius 2 is 2.06 bits per heavy atom. The van der Waals surface area contributed by atoms with Crippen LogP contribution in [0.2, 0.25) is 0 Å². The Labute approximate surface area is 109 Å². The van der Waals surface area contributed by atoms with Crippen LogP contribution in [0.5, 0.6) is 0 Å². The third-order valence-corrected chi connectivity index (χ3v) is 3.85. The molecule has 17 heavy (non-hydrogen) atoms. The molecule has 2 aliphatic rings. The van der Waals surface area contributed by atoms with Crippen molar-refractivity contribution in [3.05, 3.63) is 0 Å². The molecular formula is C13H24ClNO2. The average Bonchev–Trinajstić information content (AvgIpc) is 2.61. The Balaban J connectivity index is 1.87. The summed E-state index contributed by atoms with van der Waals surface area (Å²) in [7, 11) is 0. The predicted octanol–water partition coefficient (Wildman–Crippen LogP) is 2.27. The van der Waals surface area contributed by atoms with Gasteiger partial charge in [-0.2, -0.15) is 0 Å². The lowest BCUT2D eigenvalue weighted by molar-refractivity contribution is -0.134. The van der Waals surface area contributed by atoms with Gasteiger partial charge in [-0.1, -0.05) is 0 Å². The van der Waals surface area contributed by atoms with Crippen LogP contribution in [-0.4, -0.2) is 54.3 Å². The van der Waals surface area contributed by atoms with Crippen molar-refractivity contribution in [1.29, 1.82) is 0 Å². The lowest BCUT2D eigenvalue weighted by Crippen LogP contribution is -2.54. The van der Waals surface area contributed by atoms with Crippen molar-refractivity contribution in [3.8, 4) is 0 Å². The fraction of sp³-hybridized carbons (Fsp3) is 1.00. The summed E-state index contributed by atoms with van der Waals surface area (Å²) in [4.78, 5) is 2.44.